The number of nitrogens with one attached hydrogen (secondary N) is 1. The molecule has 1 aromatic heterocycles. The number of nitrogen functional groups attached to an aromatic ring is 1. The van der Waals surface area contributed by atoms with E-state index in [2.05, 4.69) is 10.3 Å². The Morgan fingerprint density at radius 1 is 1.29 bits per heavy atom. The molecule has 21 heavy (non-hydrogen) atoms. The highest BCUT2D eigenvalue weighted by Gasteiger charge is 2.03. The van der Waals surface area contributed by atoms with Gasteiger partial charge in [0.2, 0.25) is 5.91 Å². The molecule has 6 heteroatoms. The third-order valence-corrected chi connectivity index (χ3v) is 2.90. The minimum Gasteiger partial charge on any atom is -0.492 e. The summed E-state index contributed by atoms with van der Waals surface area (Å²) in [7, 11) is 0. The fourth-order valence-electron chi connectivity index (χ4n) is 1.68. The molecule has 0 aliphatic carbocycles. The molecule has 2 aromatic rings. The first-order valence-electron chi connectivity index (χ1n) is 6.52. The van der Waals surface area contributed by atoms with Crippen molar-refractivity contribution in [3.63, 3.8) is 0 Å². The van der Waals surface area contributed by atoms with Gasteiger partial charge in [0.05, 0.1) is 17.8 Å². The number of halogens is 1. The van der Waals surface area contributed by atoms with E-state index in [0.29, 0.717) is 35.9 Å². The highest BCUT2D eigenvalue weighted by Crippen LogP contribution is 2.15. The van der Waals surface area contributed by atoms with E-state index in [1.54, 1.807) is 36.5 Å². The molecule has 0 bridgehead atoms. The lowest BCUT2D eigenvalue weighted by Crippen LogP contribution is -2.12. The van der Waals surface area contributed by atoms with E-state index in [1.807, 2.05) is 0 Å². The lowest BCUT2D eigenvalue weighted by molar-refractivity contribution is -0.116. The molecule has 0 fully saturated rings. The molecule has 0 radical (unpaired) electrons. The Morgan fingerprint density at radius 3 is 2.76 bits per heavy atom. The maximum absolute atomic E-state index is 11.7. The van der Waals surface area contributed by atoms with Gasteiger partial charge in [-0.05, 0) is 30.7 Å². The quantitative estimate of drug-likeness (QED) is 0.635. The predicted octanol–water partition coefficient (Wildman–Crippen LogP) is 3.11. The van der Waals surface area contributed by atoms with E-state index in [-0.39, 0.29) is 5.91 Å². The molecule has 0 spiro atoms. The van der Waals surface area contributed by atoms with Crippen LogP contribution >= 0.6 is 11.6 Å². The molecule has 110 valence electrons. The molecule has 0 aliphatic heterocycles. The summed E-state index contributed by atoms with van der Waals surface area (Å²) in [5, 5.41) is 3.32. The number of aromatic nitrogens is 1. The van der Waals surface area contributed by atoms with Crippen LogP contribution in [-0.4, -0.2) is 17.5 Å². The summed E-state index contributed by atoms with van der Waals surface area (Å²) >= 11 is 5.79. The van der Waals surface area contributed by atoms with Crippen LogP contribution in [-0.2, 0) is 4.79 Å². The Labute approximate surface area is 128 Å². The van der Waals surface area contributed by atoms with Crippen LogP contribution in [0.4, 0.5) is 11.4 Å². The smallest absolute Gasteiger partial charge is 0.224 e. The molecular weight excluding hydrogens is 290 g/mol. The molecule has 0 saturated carbocycles. The van der Waals surface area contributed by atoms with Crippen molar-refractivity contribution in [2.45, 2.75) is 12.8 Å². The maximum atomic E-state index is 11.7. The van der Waals surface area contributed by atoms with Crippen molar-refractivity contribution in [3.05, 3.63) is 47.7 Å². The zero-order valence-electron chi connectivity index (χ0n) is 11.4. The standard InChI is InChI=1S/C15H16ClN3O2/c16-11-8-14(10-18-9-11)21-7-1-2-15(20)19-13-5-3-12(17)4-6-13/h3-6,8-10H,1-2,7,17H2,(H,19,20). The van der Waals surface area contributed by atoms with Crippen LogP contribution in [0.3, 0.4) is 0 Å². The number of carbonyl (C=O) groups excluding carboxylic acids is 1. The zero-order chi connectivity index (χ0) is 15.1. The van der Waals surface area contributed by atoms with Crippen molar-refractivity contribution in [3.8, 4) is 5.75 Å². The van der Waals surface area contributed by atoms with Crippen LogP contribution in [0.1, 0.15) is 12.8 Å². The summed E-state index contributed by atoms with van der Waals surface area (Å²) in [6.07, 6.45) is 4.10. The number of anilines is 2. The zero-order valence-corrected chi connectivity index (χ0v) is 12.1. The number of nitrogens with two attached hydrogens (primary N) is 1. The number of benzene rings is 1. The lowest BCUT2D eigenvalue weighted by atomic mass is 10.2. The third kappa shape index (κ3) is 5.31. The predicted molar refractivity (Wildman–Crippen MR) is 83.5 cm³/mol. The molecule has 1 amide bonds. The second kappa shape index (κ2) is 7.50. The monoisotopic (exact) mass is 305 g/mol. The normalized spacial score (nSPS) is 10.1. The fraction of sp³-hybridized carbons (Fsp3) is 0.200. The minimum absolute atomic E-state index is 0.0624. The number of amides is 1. The van der Waals surface area contributed by atoms with Crippen LogP contribution in [0, 0.1) is 0 Å². The third-order valence-electron chi connectivity index (χ3n) is 2.69. The Kier molecular flexibility index (Phi) is 5.40. The first-order valence-corrected chi connectivity index (χ1v) is 6.90. The van der Waals surface area contributed by atoms with Gasteiger partial charge in [0.1, 0.15) is 5.75 Å². The Balaban J connectivity index is 1.68. The summed E-state index contributed by atoms with van der Waals surface area (Å²) in [4.78, 5) is 15.6. The summed E-state index contributed by atoms with van der Waals surface area (Å²) in [5.41, 5.74) is 6.97. The van der Waals surface area contributed by atoms with Crippen LogP contribution in [0.15, 0.2) is 42.7 Å². The number of pyridine rings is 1. The molecule has 2 rings (SSSR count). The van der Waals surface area contributed by atoms with Crippen molar-refractivity contribution in [2.75, 3.05) is 17.7 Å². The molecule has 0 unspecified atom stereocenters. The summed E-state index contributed by atoms with van der Waals surface area (Å²) in [5.74, 6) is 0.536. The van der Waals surface area contributed by atoms with E-state index in [0.717, 1.165) is 5.69 Å². The average Bonchev–Trinajstić information content (AvgIpc) is 2.46. The largest absolute Gasteiger partial charge is 0.492 e. The highest BCUT2D eigenvalue weighted by atomic mass is 35.5. The van der Waals surface area contributed by atoms with Crippen molar-refractivity contribution < 1.29 is 9.53 Å². The first kappa shape index (κ1) is 15.1. The number of ether oxygens (including phenoxy) is 1. The summed E-state index contributed by atoms with van der Waals surface area (Å²) in [6.45, 7) is 0.428. The van der Waals surface area contributed by atoms with Crippen LogP contribution in [0.2, 0.25) is 5.02 Å². The molecule has 1 heterocycles. The van der Waals surface area contributed by atoms with E-state index in [9.17, 15) is 4.79 Å². The molecule has 0 saturated heterocycles. The van der Waals surface area contributed by atoms with Gasteiger partial charge in [-0.2, -0.15) is 0 Å². The van der Waals surface area contributed by atoms with Gasteiger partial charge in [-0.25, -0.2) is 0 Å². The highest BCUT2D eigenvalue weighted by molar-refractivity contribution is 6.30. The van der Waals surface area contributed by atoms with Crippen LogP contribution in [0.5, 0.6) is 5.75 Å². The van der Waals surface area contributed by atoms with Gasteiger partial charge in [0.15, 0.2) is 0 Å². The van der Waals surface area contributed by atoms with E-state index >= 15 is 0 Å². The fourth-order valence-corrected chi connectivity index (χ4v) is 1.85. The second-order valence-electron chi connectivity index (χ2n) is 4.46. The molecular formula is C15H16ClN3O2. The number of carbonyl (C=O) groups is 1. The topological polar surface area (TPSA) is 77.2 Å². The van der Waals surface area contributed by atoms with Gasteiger partial charge in [-0.15, -0.1) is 0 Å². The van der Waals surface area contributed by atoms with Crippen molar-refractivity contribution in [2.24, 2.45) is 0 Å². The summed E-state index contributed by atoms with van der Waals surface area (Å²) in [6, 6.07) is 8.70. The molecule has 0 atom stereocenters. The molecule has 1 aromatic carbocycles. The van der Waals surface area contributed by atoms with Gasteiger partial charge in [-0.3, -0.25) is 9.78 Å². The van der Waals surface area contributed by atoms with Crippen molar-refractivity contribution in [1.29, 1.82) is 0 Å². The molecule has 3 N–H and O–H groups in total. The Morgan fingerprint density at radius 2 is 2.05 bits per heavy atom. The number of hydrogen-bond acceptors (Lipinski definition) is 4. The average molecular weight is 306 g/mol. The van der Waals surface area contributed by atoms with Crippen LogP contribution in [0.25, 0.3) is 0 Å². The van der Waals surface area contributed by atoms with Crippen molar-refractivity contribution >= 4 is 28.9 Å². The lowest BCUT2D eigenvalue weighted by Gasteiger charge is -2.07. The summed E-state index contributed by atoms with van der Waals surface area (Å²) < 4.78 is 5.46. The van der Waals surface area contributed by atoms with E-state index in [4.69, 9.17) is 22.1 Å². The first-order chi connectivity index (χ1) is 10.1. The number of hydrogen-bond donors (Lipinski definition) is 2. The van der Waals surface area contributed by atoms with E-state index in [1.165, 1.54) is 6.20 Å². The molecule has 0 aliphatic rings. The van der Waals surface area contributed by atoms with Gasteiger partial charge >= 0.3 is 0 Å². The SMILES string of the molecule is Nc1ccc(NC(=O)CCCOc2cncc(Cl)c2)cc1. The Bertz CT molecular complexity index is 602. The van der Waals surface area contributed by atoms with Crippen molar-refractivity contribution in [1.82, 2.24) is 4.98 Å². The number of nitrogens with zero attached hydrogens (tertiary/aromatic N) is 1. The van der Waals surface area contributed by atoms with Gasteiger partial charge < -0.3 is 15.8 Å². The maximum Gasteiger partial charge on any atom is 0.224 e. The van der Waals surface area contributed by atoms with E-state index < -0.39 is 0 Å². The molecule has 5 nitrogen and oxygen atoms in total. The number of rotatable bonds is 6. The minimum atomic E-state index is -0.0624. The second-order valence-corrected chi connectivity index (χ2v) is 4.90. The van der Waals surface area contributed by atoms with Gasteiger partial charge in [0.25, 0.3) is 0 Å². The van der Waals surface area contributed by atoms with Gasteiger partial charge in [0, 0.05) is 30.1 Å². The van der Waals surface area contributed by atoms with Gasteiger partial charge in [-0.1, -0.05) is 11.6 Å². The van der Waals surface area contributed by atoms with Crippen LogP contribution < -0.4 is 15.8 Å². The Hall–Kier alpha value is -2.27.